The van der Waals surface area contributed by atoms with Crippen LogP contribution in [-0.2, 0) is 35.3 Å². The molecule has 2 aliphatic rings. The Labute approximate surface area is 234 Å². The van der Waals surface area contributed by atoms with Gasteiger partial charge in [0.25, 0.3) is 5.91 Å². The van der Waals surface area contributed by atoms with E-state index in [0.29, 0.717) is 49.5 Å². The first-order chi connectivity index (χ1) is 19.7. The fraction of sp³-hybridized carbons (Fsp3) is 0.414. The Hall–Kier alpha value is -4.06. The number of aromatic nitrogens is 1. The van der Waals surface area contributed by atoms with Crippen LogP contribution in [-0.4, -0.2) is 53.1 Å². The summed E-state index contributed by atoms with van der Waals surface area (Å²) < 4.78 is 60.8. The third-order valence-corrected chi connectivity index (χ3v) is 6.99. The van der Waals surface area contributed by atoms with Crippen molar-refractivity contribution in [2.75, 3.05) is 26.5 Å². The number of esters is 1. The Balaban J connectivity index is 1.30. The topological polar surface area (TPSA) is 94.3 Å². The summed E-state index contributed by atoms with van der Waals surface area (Å²) in [5.41, 5.74) is 0.965. The van der Waals surface area contributed by atoms with Gasteiger partial charge in [-0.05, 0) is 55.2 Å². The monoisotopic (exact) mass is 573 g/mol. The molecule has 1 saturated heterocycles. The van der Waals surface area contributed by atoms with Crippen molar-refractivity contribution in [3.05, 3.63) is 77.0 Å². The molecule has 1 fully saturated rings. The maximum Gasteiger partial charge on any atom is 0.416 e. The number of nitrogens with zero attached hydrogens (tertiary/aromatic N) is 3. The highest BCUT2D eigenvalue weighted by Crippen LogP contribution is 2.33. The number of carbonyl (C=O) groups is 2. The molecule has 0 radical (unpaired) electrons. The number of likely N-dealkylation sites (tertiary alicyclic amines) is 1. The third-order valence-electron chi connectivity index (χ3n) is 6.99. The first kappa shape index (κ1) is 28.5. The van der Waals surface area contributed by atoms with Crippen LogP contribution in [0.5, 0.6) is 11.5 Å². The average Bonchev–Trinajstić information content (AvgIpc) is 3.62. The maximum atomic E-state index is 13.1. The fourth-order valence-electron chi connectivity index (χ4n) is 4.97. The molecule has 1 atom stereocenters. The smallest absolute Gasteiger partial charge is 0.416 e. The Morgan fingerprint density at radius 1 is 1.05 bits per heavy atom. The molecule has 0 N–H and O–H groups in total. The molecule has 0 aliphatic carbocycles. The van der Waals surface area contributed by atoms with E-state index >= 15 is 0 Å². The van der Waals surface area contributed by atoms with Crippen LogP contribution >= 0.6 is 0 Å². The van der Waals surface area contributed by atoms with Crippen molar-refractivity contribution in [3.8, 4) is 11.5 Å². The minimum atomic E-state index is -4.42. The molecular formula is C29H30F3N3O6. The van der Waals surface area contributed by atoms with Gasteiger partial charge in [-0.2, -0.15) is 13.2 Å². The predicted molar refractivity (Wildman–Crippen MR) is 139 cm³/mol. The van der Waals surface area contributed by atoms with E-state index in [1.807, 2.05) is 17.0 Å². The van der Waals surface area contributed by atoms with Crippen LogP contribution < -0.4 is 9.47 Å². The van der Waals surface area contributed by atoms with E-state index in [2.05, 4.69) is 4.98 Å². The van der Waals surface area contributed by atoms with Crippen molar-refractivity contribution >= 4 is 11.9 Å². The van der Waals surface area contributed by atoms with Crippen LogP contribution in [0.15, 0.2) is 53.1 Å². The van der Waals surface area contributed by atoms with E-state index in [9.17, 15) is 22.8 Å². The van der Waals surface area contributed by atoms with E-state index in [4.69, 9.17) is 18.6 Å². The van der Waals surface area contributed by atoms with Crippen LogP contribution in [0.3, 0.4) is 0 Å². The van der Waals surface area contributed by atoms with Gasteiger partial charge in [0, 0.05) is 26.2 Å². The molecular weight excluding hydrogens is 543 g/mol. The Bertz CT molecular complexity index is 1370. The number of halogens is 3. The first-order valence-corrected chi connectivity index (χ1v) is 13.4. The van der Waals surface area contributed by atoms with Crippen molar-refractivity contribution in [3.63, 3.8) is 0 Å². The minimum absolute atomic E-state index is 0.127. The second-order valence-corrected chi connectivity index (χ2v) is 10.00. The molecule has 0 bridgehead atoms. The van der Waals surface area contributed by atoms with E-state index in [1.54, 1.807) is 17.9 Å². The van der Waals surface area contributed by atoms with Crippen LogP contribution in [0, 0.1) is 5.92 Å². The largest absolute Gasteiger partial charge is 0.466 e. The zero-order chi connectivity index (χ0) is 29.0. The Kier molecular flexibility index (Phi) is 8.48. The molecule has 3 heterocycles. The molecule has 2 aliphatic heterocycles. The summed E-state index contributed by atoms with van der Waals surface area (Å²) in [6, 6.07) is 10.5. The normalized spacial score (nSPS) is 16.7. The summed E-state index contributed by atoms with van der Waals surface area (Å²) in [5, 5.41) is 0. The molecule has 1 unspecified atom stereocenters. The predicted octanol–water partition coefficient (Wildman–Crippen LogP) is 5.04. The van der Waals surface area contributed by atoms with Gasteiger partial charge < -0.3 is 23.5 Å². The molecule has 5 rings (SSSR count). The van der Waals surface area contributed by atoms with Gasteiger partial charge in [0.1, 0.15) is 6.26 Å². The quantitative estimate of drug-likeness (QED) is 0.329. The van der Waals surface area contributed by atoms with Crippen LogP contribution in [0.2, 0.25) is 0 Å². The molecule has 1 amide bonds. The number of piperidine rings is 1. The number of rotatable bonds is 9. The highest BCUT2D eigenvalue weighted by atomic mass is 19.4. The lowest BCUT2D eigenvalue weighted by atomic mass is 9.98. The van der Waals surface area contributed by atoms with Gasteiger partial charge in [0.15, 0.2) is 17.2 Å². The molecule has 1 aromatic heterocycles. The first-order valence-electron chi connectivity index (χ1n) is 13.4. The summed E-state index contributed by atoms with van der Waals surface area (Å²) in [7, 11) is 0. The molecule has 9 nitrogen and oxygen atoms in total. The van der Waals surface area contributed by atoms with Crippen molar-refractivity contribution in [2.24, 2.45) is 5.92 Å². The van der Waals surface area contributed by atoms with Crippen LogP contribution in [0.25, 0.3) is 0 Å². The van der Waals surface area contributed by atoms with Crippen molar-refractivity contribution in [1.29, 1.82) is 0 Å². The Morgan fingerprint density at radius 3 is 2.54 bits per heavy atom. The van der Waals surface area contributed by atoms with Crippen LogP contribution in [0.1, 0.15) is 52.8 Å². The van der Waals surface area contributed by atoms with Crippen LogP contribution in [0.4, 0.5) is 13.2 Å². The number of hydrogen-bond acceptors (Lipinski definition) is 8. The van der Waals surface area contributed by atoms with Gasteiger partial charge in [-0.25, -0.2) is 4.98 Å². The number of fused-ring (bicyclic) bond motifs is 1. The lowest BCUT2D eigenvalue weighted by molar-refractivity contribution is -0.149. The second kappa shape index (κ2) is 12.2. The highest BCUT2D eigenvalue weighted by molar-refractivity contribution is 5.92. The highest BCUT2D eigenvalue weighted by Gasteiger charge is 2.32. The third kappa shape index (κ3) is 6.99. The lowest BCUT2D eigenvalue weighted by Gasteiger charge is -2.30. The summed E-state index contributed by atoms with van der Waals surface area (Å²) in [5.74, 6) is 0.512. The molecule has 2 aromatic carbocycles. The zero-order valence-corrected chi connectivity index (χ0v) is 22.5. The number of carbonyl (C=O) groups excluding carboxylic acids is 2. The van der Waals surface area contributed by atoms with Gasteiger partial charge in [-0.3, -0.25) is 14.5 Å². The van der Waals surface area contributed by atoms with Gasteiger partial charge in [-0.15, -0.1) is 0 Å². The molecule has 3 aromatic rings. The van der Waals surface area contributed by atoms with Gasteiger partial charge >= 0.3 is 12.1 Å². The molecule has 12 heteroatoms. The number of amides is 1. The van der Waals surface area contributed by atoms with E-state index in [0.717, 1.165) is 17.7 Å². The summed E-state index contributed by atoms with van der Waals surface area (Å²) in [6.07, 6.45) is -1.79. The average molecular weight is 574 g/mol. The minimum Gasteiger partial charge on any atom is -0.466 e. The number of oxazole rings is 1. The molecule has 218 valence electrons. The number of hydrogen-bond donors (Lipinski definition) is 0. The fourth-order valence-corrected chi connectivity index (χ4v) is 4.97. The number of benzene rings is 2. The van der Waals surface area contributed by atoms with E-state index in [-0.39, 0.29) is 55.9 Å². The van der Waals surface area contributed by atoms with Crippen molar-refractivity contribution < 1.29 is 41.4 Å². The van der Waals surface area contributed by atoms with Crippen molar-refractivity contribution in [1.82, 2.24) is 14.8 Å². The van der Waals surface area contributed by atoms with E-state index < -0.39 is 11.7 Å². The standard InChI is InChI=1S/C29H30F3N3O6/c1-2-38-28(37)21-4-3-11-35(15-21)27(36)23-17-39-26(33-23)16-34(13-19-5-8-22(9-6-19)29(30,31)32)14-20-7-10-24-25(12-20)41-18-40-24/h5-10,12,17,21H,2-4,11,13-16,18H2,1H3. The summed E-state index contributed by atoms with van der Waals surface area (Å²) in [6.45, 7) is 3.80. The van der Waals surface area contributed by atoms with Gasteiger partial charge in [0.05, 0.1) is 24.6 Å². The molecule has 0 spiro atoms. The van der Waals surface area contributed by atoms with Gasteiger partial charge in [0.2, 0.25) is 12.7 Å². The van der Waals surface area contributed by atoms with Crippen molar-refractivity contribution in [2.45, 2.75) is 45.6 Å². The lowest BCUT2D eigenvalue weighted by Crippen LogP contribution is -2.43. The zero-order valence-electron chi connectivity index (χ0n) is 22.5. The summed E-state index contributed by atoms with van der Waals surface area (Å²) in [4.78, 5) is 33.3. The number of ether oxygens (including phenoxy) is 3. The van der Waals surface area contributed by atoms with Gasteiger partial charge in [-0.1, -0.05) is 18.2 Å². The number of alkyl halides is 3. The Morgan fingerprint density at radius 2 is 1.78 bits per heavy atom. The van der Waals surface area contributed by atoms with E-state index in [1.165, 1.54) is 18.4 Å². The maximum absolute atomic E-state index is 13.1. The molecule has 0 saturated carbocycles. The SMILES string of the molecule is CCOC(=O)C1CCCN(C(=O)c2coc(CN(Cc3ccc(C(F)(F)F)cc3)Cc3ccc4c(c3)OCO4)n2)C1. The second-order valence-electron chi connectivity index (χ2n) is 10.00. The summed E-state index contributed by atoms with van der Waals surface area (Å²) >= 11 is 0. The molecule has 41 heavy (non-hydrogen) atoms.